The van der Waals surface area contributed by atoms with Crippen molar-refractivity contribution in [2.75, 3.05) is 0 Å². The average molecular weight is 398 g/mol. The highest BCUT2D eigenvalue weighted by Crippen LogP contribution is 2.40. The number of rotatable bonds is 4. The molecule has 30 heavy (non-hydrogen) atoms. The van der Waals surface area contributed by atoms with Crippen LogP contribution in [0.2, 0.25) is 0 Å². The quantitative estimate of drug-likeness (QED) is 0.616. The van der Waals surface area contributed by atoms with Crippen LogP contribution in [0.5, 0.6) is 5.75 Å². The molecule has 0 aromatic heterocycles. The Kier molecular flexibility index (Phi) is 5.10. The fraction of sp³-hybridized carbons (Fsp3) is 0.154. The molecule has 2 unspecified atom stereocenters. The van der Waals surface area contributed by atoms with E-state index in [0.717, 1.165) is 50.5 Å². The van der Waals surface area contributed by atoms with E-state index in [9.17, 15) is 19.8 Å². The van der Waals surface area contributed by atoms with Crippen molar-refractivity contribution < 1.29 is 19.8 Å². The number of aromatic hydroxyl groups is 1. The van der Waals surface area contributed by atoms with Gasteiger partial charge in [0.2, 0.25) is 0 Å². The lowest BCUT2D eigenvalue weighted by Gasteiger charge is -2.23. The minimum absolute atomic E-state index is 0.0386. The van der Waals surface area contributed by atoms with Gasteiger partial charge in [0.25, 0.3) is 0 Å². The second-order valence-corrected chi connectivity index (χ2v) is 7.69. The van der Waals surface area contributed by atoms with Gasteiger partial charge in [-0.25, -0.2) is 0 Å². The lowest BCUT2D eigenvalue weighted by molar-refractivity contribution is -0.111. The highest BCUT2D eigenvalue weighted by atomic mass is 16.3. The summed E-state index contributed by atoms with van der Waals surface area (Å²) in [4.78, 5) is 22.9. The van der Waals surface area contributed by atoms with Crippen molar-refractivity contribution >= 4 is 28.9 Å². The van der Waals surface area contributed by atoms with Crippen LogP contribution < -0.4 is 0 Å². The maximum Gasteiger partial charge on any atom is 0.153 e. The number of phenolic OH excluding ortho intramolecular Hbond substituents is 1. The molecule has 0 radical (unpaired) electrons. The van der Waals surface area contributed by atoms with Crippen molar-refractivity contribution in [2.24, 2.45) is 5.92 Å². The summed E-state index contributed by atoms with van der Waals surface area (Å²) in [5.74, 6) is -0.633. The summed E-state index contributed by atoms with van der Waals surface area (Å²) in [5.41, 5.74) is 5.65. The van der Waals surface area contributed by atoms with Crippen LogP contribution in [0, 0.1) is 12.8 Å². The first kappa shape index (κ1) is 19.8. The zero-order valence-corrected chi connectivity index (χ0v) is 16.8. The first-order valence-corrected chi connectivity index (χ1v) is 9.80. The van der Waals surface area contributed by atoms with Crippen LogP contribution in [-0.4, -0.2) is 28.9 Å². The van der Waals surface area contributed by atoms with Crippen molar-refractivity contribution in [3.05, 3.63) is 82.9 Å². The largest absolute Gasteiger partial charge is 0.507 e. The number of aryl methyl sites for hydroxylation is 1. The van der Waals surface area contributed by atoms with Gasteiger partial charge in [0.1, 0.15) is 12.0 Å². The minimum atomic E-state index is -0.824. The zero-order valence-electron chi connectivity index (χ0n) is 16.8. The van der Waals surface area contributed by atoms with Crippen LogP contribution in [-0.2, 0) is 4.79 Å². The number of allylic oxidation sites excluding steroid dienone is 2. The molecule has 2 atom stereocenters. The molecule has 3 aromatic carbocycles. The molecule has 1 aliphatic rings. The molecule has 0 bridgehead atoms. The first-order valence-electron chi connectivity index (χ1n) is 9.80. The van der Waals surface area contributed by atoms with Crippen LogP contribution in [0.15, 0.2) is 66.3 Å². The molecule has 3 aromatic rings. The Labute approximate surface area is 174 Å². The SMILES string of the molecule is CC1=CC(O)C(C=O)C=C1c1cccc2cccc(-c3cc(C=O)c(O)cc3C)c12. The van der Waals surface area contributed by atoms with Gasteiger partial charge in [-0.3, -0.25) is 4.79 Å². The summed E-state index contributed by atoms with van der Waals surface area (Å²) >= 11 is 0. The number of aldehydes is 2. The summed E-state index contributed by atoms with van der Waals surface area (Å²) in [7, 11) is 0. The number of benzene rings is 3. The van der Waals surface area contributed by atoms with Gasteiger partial charge in [-0.2, -0.15) is 0 Å². The highest BCUT2D eigenvalue weighted by Gasteiger charge is 2.23. The molecular weight excluding hydrogens is 376 g/mol. The standard InChI is InChI=1S/C26H22O4/c1-15-9-24(29)18(13-27)11-22(15)20-7-3-5-17-6-4-8-21(26(17)20)23-12-19(14-28)25(30)10-16(23)2/h3-14,18,24,29-30H,1-2H3. The fourth-order valence-electron chi connectivity index (χ4n) is 4.19. The van der Waals surface area contributed by atoms with Crippen molar-refractivity contribution in [3.8, 4) is 16.9 Å². The van der Waals surface area contributed by atoms with Gasteiger partial charge < -0.3 is 15.0 Å². The van der Waals surface area contributed by atoms with E-state index in [0.29, 0.717) is 6.29 Å². The number of phenols is 1. The van der Waals surface area contributed by atoms with Gasteiger partial charge in [0, 0.05) is 0 Å². The fourth-order valence-corrected chi connectivity index (χ4v) is 4.19. The van der Waals surface area contributed by atoms with Gasteiger partial charge in [-0.1, -0.05) is 48.6 Å². The number of aliphatic hydroxyl groups is 1. The Bertz CT molecular complexity index is 1230. The third-order valence-electron chi connectivity index (χ3n) is 5.74. The normalized spacial score (nSPS) is 18.6. The number of carbonyl (C=O) groups is 2. The van der Waals surface area contributed by atoms with Gasteiger partial charge in [-0.15, -0.1) is 0 Å². The molecule has 0 heterocycles. The molecule has 0 aliphatic heterocycles. The molecule has 1 aliphatic carbocycles. The Hall–Kier alpha value is -3.50. The molecule has 0 spiro atoms. The molecule has 0 saturated heterocycles. The number of hydrogen-bond acceptors (Lipinski definition) is 4. The average Bonchev–Trinajstić information content (AvgIpc) is 2.73. The molecule has 0 saturated carbocycles. The zero-order chi connectivity index (χ0) is 21.4. The Morgan fingerprint density at radius 2 is 1.60 bits per heavy atom. The second kappa shape index (κ2) is 7.73. The number of fused-ring (bicyclic) bond motifs is 1. The molecule has 4 nitrogen and oxygen atoms in total. The Morgan fingerprint density at radius 1 is 0.900 bits per heavy atom. The van der Waals surface area contributed by atoms with E-state index in [1.54, 1.807) is 18.2 Å². The lowest BCUT2D eigenvalue weighted by atomic mass is 9.82. The molecular formula is C26H22O4. The van der Waals surface area contributed by atoms with Crippen molar-refractivity contribution in [1.82, 2.24) is 0 Å². The van der Waals surface area contributed by atoms with Crippen LogP contribution in [0.4, 0.5) is 0 Å². The first-order chi connectivity index (χ1) is 14.4. The van der Waals surface area contributed by atoms with Crippen LogP contribution in [0.3, 0.4) is 0 Å². The topological polar surface area (TPSA) is 74.6 Å². The van der Waals surface area contributed by atoms with E-state index in [4.69, 9.17) is 0 Å². The van der Waals surface area contributed by atoms with E-state index in [1.807, 2.05) is 56.3 Å². The summed E-state index contributed by atoms with van der Waals surface area (Å²) < 4.78 is 0. The summed E-state index contributed by atoms with van der Waals surface area (Å²) in [6, 6.07) is 15.3. The van der Waals surface area contributed by atoms with Crippen molar-refractivity contribution in [3.63, 3.8) is 0 Å². The molecule has 4 heteroatoms. The summed E-state index contributed by atoms with van der Waals surface area (Å²) in [6.45, 7) is 3.82. The Morgan fingerprint density at radius 3 is 2.27 bits per heavy atom. The van der Waals surface area contributed by atoms with E-state index in [2.05, 4.69) is 0 Å². The lowest BCUT2D eigenvalue weighted by Crippen LogP contribution is -2.21. The van der Waals surface area contributed by atoms with E-state index < -0.39 is 12.0 Å². The smallest absolute Gasteiger partial charge is 0.153 e. The van der Waals surface area contributed by atoms with E-state index >= 15 is 0 Å². The van der Waals surface area contributed by atoms with Gasteiger partial charge in [0.05, 0.1) is 17.6 Å². The maximum absolute atomic E-state index is 11.5. The Balaban J connectivity index is 2.03. The third kappa shape index (κ3) is 3.25. The highest BCUT2D eigenvalue weighted by molar-refractivity contribution is 6.07. The number of aliphatic hydroxyl groups excluding tert-OH is 1. The second-order valence-electron chi connectivity index (χ2n) is 7.69. The summed E-state index contributed by atoms with van der Waals surface area (Å²) in [5, 5.41) is 22.2. The summed E-state index contributed by atoms with van der Waals surface area (Å²) in [6.07, 6.45) is 4.12. The van der Waals surface area contributed by atoms with Crippen LogP contribution in [0.25, 0.3) is 27.5 Å². The molecule has 0 amide bonds. The maximum atomic E-state index is 11.5. The predicted molar refractivity (Wildman–Crippen MR) is 118 cm³/mol. The van der Waals surface area contributed by atoms with E-state index in [1.165, 1.54) is 0 Å². The van der Waals surface area contributed by atoms with Gasteiger partial charge >= 0.3 is 0 Å². The molecule has 150 valence electrons. The predicted octanol–water partition coefficient (Wildman–Crippen LogP) is 4.85. The van der Waals surface area contributed by atoms with Crippen molar-refractivity contribution in [1.29, 1.82) is 0 Å². The van der Waals surface area contributed by atoms with E-state index in [-0.39, 0.29) is 11.3 Å². The van der Waals surface area contributed by atoms with Gasteiger partial charge in [-0.05, 0) is 70.2 Å². The van der Waals surface area contributed by atoms with Crippen LogP contribution in [0.1, 0.15) is 28.4 Å². The third-order valence-corrected chi connectivity index (χ3v) is 5.74. The van der Waals surface area contributed by atoms with Gasteiger partial charge in [0.15, 0.2) is 6.29 Å². The number of hydrogen-bond donors (Lipinski definition) is 2. The molecule has 4 rings (SSSR count). The monoisotopic (exact) mass is 398 g/mol. The molecule has 0 fully saturated rings. The van der Waals surface area contributed by atoms with Crippen LogP contribution >= 0.6 is 0 Å². The minimum Gasteiger partial charge on any atom is -0.507 e. The van der Waals surface area contributed by atoms with Crippen molar-refractivity contribution in [2.45, 2.75) is 20.0 Å². The number of carbonyl (C=O) groups excluding carboxylic acids is 2. The molecule has 2 N–H and O–H groups in total.